The van der Waals surface area contributed by atoms with Gasteiger partial charge in [-0.2, -0.15) is 0 Å². The molecule has 2 N–H and O–H groups in total. The number of anilines is 1. The van der Waals surface area contributed by atoms with Gasteiger partial charge in [-0.15, -0.1) is 11.8 Å². The number of aliphatic hydroxyl groups excluding tert-OH is 1. The van der Waals surface area contributed by atoms with Crippen LogP contribution in [0.5, 0.6) is 0 Å². The molecule has 0 radical (unpaired) electrons. The van der Waals surface area contributed by atoms with Gasteiger partial charge in [0.15, 0.2) is 17.5 Å². The number of hydrogen-bond donors (Lipinski definition) is 2. The van der Waals surface area contributed by atoms with Gasteiger partial charge in [-0.25, -0.2) is 13.2 Å². The van der Waals surface area contributed by atoms with E-state index in [1.165, 1.54) is 6.07 Å². The summed E-state index contributed by atoms with van der Waals surface area (Å²) >= 11 is 7.77. The second kappa shape index (κ2) is 8.54. The molecule has 8 heteroatoms. The zero-order valence-electron chi connectivity index (χ0n) is 14.1. The normalized spacial score (nSPS) is 19.7. The van der Waals surface area contributed by atoms with Crippen molar-refractivity contribution < 1.29 is 23.1 Å². The van der Waals surface area contributed by atoms with Crippen LogP contribution in [-0.4, -0.2) is 22.4 Å². The van der Waals surface area contributed by atoms with Crippen LogP contribution in [0.25, 0.3) is 0 Å². The molecule has 0 spiro atoms. The van der Waals surface area contributed by atoms with Gasteiger partial charge < -0.3 is 10.4 Å². The van der Waals surface area contributed by atoms with E-state index in [1.54, 1.807) is 23.9 Å². The van der Waals surface area contributed by atoms with Gasteiger partial charge in [0.1, 0.15) is 0 Å². The molecule has 1 aliphatic carbocycles. The van der Waals surface area contributed by atoms with Crippen molar-refractivity contribution in [1.29, 1.82) is 0 Å². The van der Waals surface area contributed by atoms with E-state index in [2.05, 4.69) is 5.32 Å². The smallest absolute Gasteiger partial charge is 0.255 e. The second-order valence-electron chi connectivity index (χ2n) is 6.40. The molecule has 1 fully saturated rings. The summed E-state index contributed by atoms with van der Waals surface area (Å²) in [5.41, 5.74) is 0.0877. The Morgan fingerprint density at radius 3 is 2.33 bits per heavy atom. The van der Waals surface area contributed by atoms with Crippen molar-refractivity contribution in [3.63, 3.8) is 0 Å². The minimum Gasteiger partial charge on any atom is -0.393 e. The van der Waals surface area contributed by atoms with Crippen LogP contribution in [0.2, 0.25) is 5.02 Å². The van der Waals surface area contributed by atoms with Crippen LogP contribution in [0, 0.1) is 17.5 Å². The Balaban J connectivity index is 1.74. The number of hydrogen-bond acceptors (Lipinski definition) is 3. The Hall–Kier alpha value is -1.70. The lowest BCUT2D eigenvalue weighted by Gasteiger charge is -2.25. The van der Waals surface area contributed by atoms with Crippen LogP contribution >= 0.6 is 23.4 Å². The number of aliphatic hydroxyl groups is 1. The lowest BCUT2D eigenvalue weighted by atomic mass is 9.97. The molecule has 0 heterocycles. The van der Waals surface area contributed by atoms with Crippen molar-refractivity contribution >= 4 is 35.0 Å². The molecule has 144 valence electrons. The van der Waals surface area contributed by atoms with Crippen molar-refractivity contribution in [3.8, 4) is 0 Å². The number of benzene rings is 2. The molecule has 3 nitrogen and oxygen atoms in total. The molecule has 0 saturated heterocycles. The molecule has 3 rings (SSSR count). The van der Waals surface area contributed by atoms with Crippen LogP contribution in [0.15, 0.2) is 35.2 Å². The summed E-state index contributed by atoms with van der Waals surface area (Å²) in [6.07, 6.45) is 2.92. The van der Waals surface area contributed by atoms with Crippen molar-refractivity contribution in [1.82, 2.24) is 0 Å². The van der Waals surface area contributed by atoms with Crippen LogP contribution in [-0.2, 0) is 0 Å². The van der Waals surface area contributed by atoms with Crippen molar-refractivity contribution in [2.45, 2.75) is 41.9 Å². The zero-order valence-corrected chi connectivity index (χ0v) is 15.7. The number of amides is 1. The maximum Gasteiger partial charge on any atom is 0.255 e. The van der Waals surface area contributed by atoms with Crippen LogP contribution < -0.4 is 5.32 Å². The van der Waals surface area contributed by atoms with Crippen LogP contribution in [0.1, 0.15) is 36.0 Å². The van der Waals surface area contributed by atoms with Gasteiger partial charge in [-0.05, 0) is 43.9 Å². The molecule has 0 atom stereocenters. The zero-order chi connectivity index (χ0) is 19.6. The van der Waals surface area contributed by atoms with E-state index in [0.29, 0.717) is 10.3 Å². The Morgan fingerprint density at radius 2 is 1.70 bits per heavy atom. The maximum atomic E-state index is 13.3. The van der Waals surface area contributed by atoms with Gasteiger partial charge in [-0.3, -0.25) is 4.79 Å². The molecule has 2 aromatic rings. The number of nitrogens with one attached hydrogen (secondary N) is 1. The minimum atomic E-state index is -1.59. The third-order valence-corrected chi connectivity index (χ3v) is 6.21. The van der Waals surface area contributed by atoms with E-state index in [1.807, 2.05) is 0 Å². The van der Waals surface area contributed by atoms with E-state index < -0.39 is 23.4 Å². The molecule has 1 aliphatic rings. The highest BCUT2D eigenvalue weighted by Gasteiger charge is 2.22. The fraction of sp³-hybridized carbons (Fsp3) is 0.316. The Labute approximate surface area is 163 Å². The SMILES string of the molecule is O=C(Nc1cc(F)c(F)c(F)c1)c1ccc(Cl)c(SC2CCC(O)CC2)c1. The van der Waals surface area contributed by atoms with Crippen molar-refractivity contribution in [3.05, 3.63) is 58.4 Å². The molecule has 27 heavy (non-hydrogen) atoms. The summed E-state index contributed by atoms with van der Waals surface area (Å²) in [4.78, 5) is 13.1. The number of carbonyl (C=O) groups is 1. The highest BCUT2D eigenvalue weighted by molar-refractivity contribution is 8.00. The van der Waals surface area contributed by atoms with E-state index in [9.17, 15) is 23.1 Å². The summed E-state index contributed by atoms with van der Waals surface area (Å²) in [5.74, 6) is -4.93. The second-order valence-corrected chi connectivity index (χ2v) is 8.15. The fourth-order valence-corrected chi connectivity index (χ4v) is 4.40. The molecule has 0 bridgehead atoms. The molecular weight excluding hydrogens is 399 g/mol. The first kappa shape index (κ1) is 20.0. The van der Waals surface area contributed by atoms with E-state index >= 15 is 0 Å². The predicted octanol–water partition coefficient (Wildman–Crippen LogP) is 5.41. The van der Waals surface area contributed by atoms with E-state index in [0.717, 1.165) is 42.7 Å². The number of rotatable bonds is 4. The van der Waals surface area contributed by atoms with Crippen molar-refractivity contribution in [2.75, 3.05) is 5.32 Å². The maximum absolute atomic E-state index is 13.3. The van der Waals surface area contributed by atoms with Gasteiger partial charge in [0.05, 0.1) is 11.1 Å². The summed E-state index contributed by atoms with van der Waals surface area (Å²) in [5, 5.41) is 12.7. The standard InChI is InChI=1S/C19H17ClF3NO2S/c20-14-6-1-10(7-17(14)27-13-4-2-12(25)3-5-13)19(26)24-11-8-15(21)18(23)16(22)9-11/h1,6-9,12-13,25H,2-5H2,(H,24,26). The lowest BCUT2D eigenvalue weighted by molar-refractivity contribution is 0.102. The van der Waals surface area contributed by atoms with Gasteiger partial charge in [0.25, 0.3) is 5.91 Å². The molecular formula is C19H17ClF3NO2S. The van der Waals surface area contributed by atoms with Gasteiger partial charge in [0, 0.05) is 33.5 Å². The molecule has 0 aromatic heterocycles. The quantitative estimate of drug-likeness (QED) is 0.657. The lowest BCUT2D eigenvalue weighted by Crippen LogP contribution is -2.19. The molecule has 2 aromatic carbocycles. The third-order valence-electron chi connectivity index (χ3n) is 4.37. The van der Waals surface area contributed by atoms with Gasteiger partial charge >= 0.3 is 0 Å². The van der Waals surface area contributed by atoms with Crippen LogP contribution in [0.4, 0.5) is 18.9 Å². The average Bonchev–Trinajstić information content (AvgIpc) is 2.63. The average molecular weight is 416 g/mol. The van der Waals surface area contributed by atoms with E-state index in [-0.39, 0.29) is 17.4 Å². The summed E-state index contributed by atoms with van der Waals surface area (Å²) in [7, 11) is 0. The number of thioether (sulfide) groups is 1. The first-order valence-corrected chi connectivity index (χ1v) is 9.69. The molecule has 0 aliphatic heterocycles. The predicted molar refractivity (Wildman–Crippen MR) is 99.8 cm³/mol. The summed E-state index contributed by atoms with van der Waals surface area (Å²) < 4.78 is 39.6. The van der Waals surface area contributed by atoms with Crippen molar-refractivity contribution in [2.24, 2.45) is 0 Å². The topological polar surface area (TPSA) is 49.3 Å². The monoisotopic (exact) mass is 415 g/mol. The molecule has 1 amide bonds. The first-order chi connectivity index (χ1) is 12.8. The first-order valence-electron chi connectivity index (χ1n) is 8.43. The summed E-state index contributed by atoms with van der Waals surface area (Å²) in [6, 6.07) is 6.14. The number of halogens is 4. The Bertz CT molecular complexity index is 834. The summed E-state index contributed by atoms with van der Waals surface area (Å²) in [6.45, 7) is 0. The fourth-order valence-electron chi connectivity index (χ4n) is 2.91. The highest BCUT2D eigenvalue weighted by Crippen LogP contribution is 2.37. The molecule has 1 saturated carbocycles. The van der Waals surface area contributed by atoms with Gasteiger partial charge in [0.2, 0.25) is 0 Å². The minimum absolute atomic E-state index is 0.179. The largest absolute Gasteiger partial charge is 0.393 e. The van der Waals surface area contributed by atoms with E-state index in [4.69, 9.17) is 11.6 Å². The Morgan fingerprint density at radius 1 is 1.07 bits per heavy atom. The molecule has 0 unspecified atom stereocenters. The van der Waals surface area contributed by atoms with Gasteiger partial charge in [-0.1, -0.05) is 11.6 Å². The number of carbonyl (C=O) groups excluding carboxylic acids is 1. The third kappa shape index (κ3) is 4.97. The van der Waals surface area contributed by atoms with Crippen LogP contribution in [0.3, 0.4) is 0 Å². The Kier molecular flexibility index (Phi) is 6.34. The highest BCUT2D eigenvalue weighted by atomic mass is 35.5.